The maximum absolute atomic E-state index is 12.9. The molecular formula is C23H29N3O4. The van der Waals surface area contributed by atoms with E-state index in [0.29, 0.717) is 24.5 Å². The molecule has 2 atom stereocenters. The van der Waals surface area contributed by atoms with Gasteiger partial charge >= 0.3 is 0 Å². The van der Waals surface area contributed by atoms with Crippen molar-refractivity contribution in [1.82, 2.24) is 9.78 Å². The van der Waals surface area contributed by atoms with Gasteiger partial charge in [0.1, 0.15) is 5.78 Å². The third-order valence-electron chi connectivity index (χ3n) is 6.10. The molecule has 0 amide bonds. The number of carbonyl (C=O) groups is 1. The summed E-state index contributed by atoms with van der Waals surface area (Å²) in [6, 6.07) is 5.76. The topological polar surface area (TPSA) is 74.9 Å². The molecule has 1 aliphatic carbocycles. The first-order valence-electron chi connectivity index (χ1n) is 10.2. The van der Waals surface area contributed by atoms with Gasteiger partial charge in [0.2, 0.25) is 0 Å². The first kappa shape index (κ1) is 20.6. The molecule has 1 aliphatic heterocycles. The highest BCUT2D eigenvalue weighted by molar-refractivity contribution is 6.07. The van der Waals surface area contributed by atoms with Gasteiger partial charge in [-0.2, -0.15) is 5.10 Å². The number of ether oxygens (including phenoxy) is 3. The maximum atomic E-state index is 12.9. The summed E-state index contributed by atoms with van der Waals surface area (Å²) >= 11 is 0. The predicted octanol–water partition coefficient (Wildman–Crippen LogP) is 4.37. The Balaban J connectivity index is 1.91. The fourth-order valence-corrected chi connectivity index (χ4v) is 4.86. The Morgan fingerprint density at radius 2 is 1.90 bits per heavy atom. The zero-order chi connectivity index (χ0) is 21.6. The van der Waals surface area contributed by atoms with Crippen LogP contribution in [0.15, 0.2) is 23.2 Å². The Hall–Kier alpha value is -2.67. The number of methoxy groups -OCH3 is 3. The van der Waals surface area contributed by atoms with Crippen molar-refractivity contribution in [3.8, 4) is 22.6 Å². The molecule has 160 valence electrons. The first-order chi connectivity index (χ1) is 14.3. The summed E-state index contributed by atoms with van der Waals surface area (Å²) in [6.45, 7) is 6.61. The summed E-state index contributed by atoms with van der Waals surface area (Å²) in [7, 11) is 4.89. The summed E-state index contributed by atoms with van der Waals surface area (Å²) in [5, 5.41) is 4.89. The molecule has 7 nitrogen and oxygen atoms in total. The van der Waals surface area contributed by atoms with E-state index in [9.17, 15) is 4.79 Å². The SMILES string of the molecule is COCc1nn2c(c1-c1ccc(OC)c(OC)c1)N=C(C)[C@H]1C(=O)CC(C)(C)C[C@@H]12. The van der Waals surface area contributed by atoms with Gasteiger partial charge in [0.05, 0.1) is 44.0 Å². The maximum Gasteiger partial charge on any atom is 0.161 e. The molecule has 0 saturated heterocycles. The van der Waals surface area contributed by atoms with Crippen LogP contribution in [0.25, 0.3) is 11.1 Å². The van der Waals surface area contributed by atoms with Crippen LogP contribution in [0.2, 0.25) is 0 Å². The number of nitrogens with zero attached hydrogens (tertiary/aromatic N) is 3. The lowest BCUT2D eigenvalue weighted by Gasteiger charge is -2.41. The molecule has 2 aliphatic rings. The van der Waals surface area contributed by atoms with Crippen molar-refractivity contribution in [2.75, 3.05) is 21.3 Å². The van der Waals surface area contributed by atoms with Crippen molar-refractivity contribution < 1.29 is 19.0 Å². The number of hydrogen-bond donors (Lipinski definition) is 0. The van der Waals surface area contributed by atoms with Gasteiger partial charge in [-0.3, -0.25) is 4.79 Å². The Kier molecular flexibility index (Phi) is 5.18. The molecule has 2 aromatic rings. The lowest BCUT2D eigenvalue weighted by atomic mass is 9.68. The zero-order valence-electron chi connectivity index (χ0n) is 18.5. The summed E-state index contributed by atoms with van der Waals surface area (Å²) in [6.07, 6.45) is 1.45. The molecule has 1 saturated carbocycles. The van der Waals surface area contributed by atoms with Crippen LogP contribution in [0.1, 0.15) is 45.3 Å². The highest BCUT2D eigenvalue weighted by Gasteiger charge is 2.46. The van der Waals surface area contributed by atoms with Crippen molar-refractivity contribution in [1.29, 1.82) is 0 Å². The molecule has 4 rings (SSSR count). The van der Waals surface area contributed by atoms with Gasteiger partial charge < -0.3 is 14.2 Å². The molecule has 2 heterocycles. The van der Waals surface area contributed by atoms with E-state index in [4.69, 9.17) is 24.3 Å². The Morgan fingerprint density at radius 3 is 2.57 bits per heavy atom. The molecule has 0 unspecified atom stereocenters. The number of Topliss-reactive ketones (excluding diaryl/α,β-unsaturated/α-hetero) is 1. The lowest BCUT2D eigenvalue weighted by Crippen LogP contribution is -2.43. The summed E-state index contributed by atoms with van der Waals surface area (Å²) in [4.78, 5) is 17.8. The average Bonchev–Trinajstić information content (AvgIpc) is 3.04. The number of fused-ring (bicyclic) bond motifs is 3. The van der Waals surface area contributed by atoms with Gasteiger partial charge in [-0.1, -0.05) is 19.9 Å². The van der Waals surface area contributed by atoms with Gasteiger partial charge in [-0.25, -0.2) is 9.67 Å². The largest absolute Gasteiger partial charge is 0.493 e. The second-order valence-corrected chi connectivity index (χ2v) is 8.90. The molecule has 0 N–H and O–H groups in total. The summed E-state index contributed by atoms with van der Waals surface area (Å²) in [5.74, 6) is 2.12. The second kappa shape index (κ2) is 7.54. The molecule has 0 spiro atoms. The van der Waals surface area contributed by atoms with Gasteiger partial charge in [-0.15, -0.1) is 0 Å². The monoisotopic (exact) mass is 411 g/mol. The average molecular weight is 412 g/mol. The molecule has 30 heavy (non-hydrogen) atoms. The minimum absolute atomic E-state index is 0.0294. The van der Waals surface area contributed by atoms with Crippen molar-refractivity contribution >= 4 is 17.3 Å². The van der Waals surface area contributed by atoms with Crippen molar-refractivity contribution in [3.05, 3.63) is 23.9 Å². The Morgan fingerprint density at radius 1 is 1.17 bits per heavy atom. The lowest BCUT2D eigenvalue weighted by molar-refractivity contribution is -0.127. The van der Waals surface area contributed by atoms with E-state index in [-0.39, 0.29) is 23.2 Å². The minimum Gasteiger partial charge on any atom is -0.493 e. The van der Waals surface area contributed by atoms with Crippen molar-refractivity contribution in [3.63, 3.8) is 0 Å². The quantitative estimate of drug-likeness (QED) is 0.730. The molecule has 1 aromatic carbocycles. The van der Waals surface area contributed by atoms with Crippen LogP contribution >= 0.6 is 0 Å². The fraction of sp³-hybridized carbons (Fsp3) is 0.522. The smallest absolute Gasteiger partial charge is 0.161 e. The standard InChI is InChI=1S/C23H29N3O4/c1-13-20-16(10-23(2,3)11-17(20)27)26-22(24-13)21(15(25-26)12-28-4)14-7-8-18(29-5)19(9-14)30-6/h7-9,16,20H,10-12H2,1-6H3/t16-,20+/m0/s1. The van der Waals surface area contributed by atoms with Crippen LogP contribution in [0.4, 0.5) is 5.82 Å². The fourth-order valence-electron chi connectivity index (χ4n) is 4.86. The van der Waals surface area contributed by atoms with Gasteiger partial charge in [0.25, 0.3) is 0 Å². The minimum atomic E-state index is -0.209. The van der Waals surface area contributed by atoms with E-state index < -0.39 is 0 Å². The third-order valence-corrected chi connectivity index (χ3v) is 6.10. The van der Waals surface area contributed by atoms with E-state index in [1.165, 1.54) is 0 Å². The Labute approximate surface area is 177 Å². The van der Waals surface area contributed by atoms with E-state index in [2.05, 4.69) is 13.8 Å². The van der Waals surface area contributed by atoms with Crippen LogP contribution in [-0.4, -0.2) is 42.6 Å². The molecule has 0 radical (unpaired) electrons. The van der Waals surface area contributed by atoms with E-state index in [0.717, 1.165) is 34.8 Å². The summed E-state index contributed by atoms with van der Waals surface area (Å²) in [5.41, 5.74) is 3.43. The first-order valence-corrected chi connectivity index (χ1v) is 10.2. The van der Waals surface area contributed by atoms with E-state index >= 15 is 0 Å². The number of benzene rings is 1. The number of ketones is 1. The van der Waals surface area contributed by atoms with Crippen LogP contribution in [0.3, 0.4) is 0 Å². The third kappa shape index (κ3) is 3.31. The van der Waals surface area contributed by atoms with Crippen LogP contribution < -0.4 is 9.47 Å². The van der Waals surface area contributed by atoms with Crippen LogP contribution in [0.5, 0.6) is 11.5 Å². The second-order valence-electron chi connectivity index (χ2n) is 8.90. The number of aliphatic imine (C=N–C) groups is 1. The van der Waals surface area contributed by atoms with Crippen LogP contribution in [-0.2, 0) is 16.1 Å². The molecule has 7 heteroatoms. The zero-order valence-corrected chi connectivity index (χ0v) is 18.5. The van der Waals surface area contributed by atoms with Gasteiger partial charge in [-0.05, 0) is 36.5 Å². The molecule has 1 aromatic heterocycles. The Bertz CT molecular complexity index is 1020. The summed E-state index contributed by atoms with van der Waals surface area (Å²) < 4.78 is 18.3. The predicted molar refractivity (Wildman–Crippen MR) is 115 cm³/mol. The molecular weight excluding hydrogens is 382 g/mol. The highest BCUT2D eigenvalue weighted by atomic mass is 16.5. The number of rotatable bonds is 5. The number of aromatic nitrogens is 2. The number of carbonyl (C=O) groups excluding carboxylic acids is 1. The van der Waals surface area contributed by atoms with E-state index in [1.54, 1.807) is 21.3 Å². The van der Waals surface area contributed by atoms with Gasteiger partial charge in [0.15, 0.2) is 17.3 Å². The van der Waals surface area contributed by atoms with E-state index in [1.807, 2.05) is 29.8 Å². The van der Waals surface area contributed by atoms with Crippen LogP contribution in [0, 0.1) is 11.3 Å². The molecule has 0 bridgehead atoms. The molecule has 1 fully saturated rings. The van der Waals surface area contributed by atoms with Gasteiger partial charge in [0, 0.05) is 19.2 Å². The number of hydrogen-bond acceptors (Lipinski definition) is 6. The highest BCUT2D eigenvalue weighted by Crippen LogP contribution is 2.49. The van der Waals surface area contributed by atoms with Crippen molar-refractivity contribution in [2.24, 2.45) is 16.3 Å². The normalized spacial score (nSPS) is 22.2. The van der Waals surface area contributed by atoms with Crippen molar-refractivity contribution in [2.45, 2.75) is 46.3 Å².